The molecule has 0 bridgehead atoms. The summed E-state index contributed by atoms with van der Waals surface area (Å²) in [4.78, 5) is 12.1. The van der Waals surface area contributed by atoms with Crippen LogP contribution >= 0.6 is 11.3 Å². The lowest BCUT2D eigenvalue weighted by atomic mass is 10.1. The summed E-state index contributed by atoms with van der Waals surface area (Å²) in [5.41, 5.74) is 4.77. The summed E-state index contributed by atoms with van der Waals surface area (Å²) in [6.07, 6.45) is 0. The zero-order valence-corrected chi connectivity index (χ0v) is 19.4. The number of thiazole rings is 1. The number of morpholine rings is 1. The molecular formula is C25H31N5OS. The molecule has 2 heterocycles. The Balaban J connectivity index is 1.38. The maximum atomic E-state index is 5.48. The molecular weight excluding hydrogens is 418 g/mol. The van der Waals surface area contributed by atoms with E-state index in [0.717, 1.165) is 61.6 Å². The molecule has 0 saturated carbocycles. The van der Waals surface area contributed by atoms with Gasteiger partial charge in [0.05, 0.1) is 32.0 Å². The van der Waals surface area contributed by atoms with E-state index in [2.05, 4.69) is 64.2 Å². The Kier molecular flexibility index (Phi) is 8.25. The van der Waals surface area contributed by atoms with Crippen LogP contribution in [-0.2, 0) is 24.4 Å². The SMILES string of the molecule is CCNC(=NCc1ccccc1CN1CCOCC1)NCc1csc(-c2ccccc2)n1. The van der Waals surface area contributed by atoms with Gasteiger partial charge in [-0.15, -0.1) is 11.3 Å². The standard InChI is InChI=1S/C25H31N5OS/c1-2-26-25(28-17-23-19-32-24(29-23)20-8-4-3-5-9-20)27-16-21-10-6-7-11-22(21)18-30-12-14-31-15-13-30/h3-11,19H,2,12-18H2,1H3,(H2,26,27,28). The molecule has 0 spiro atoms. The summed E-state index contributed by atoms with van der Waals surface area (Å²) < 4.78 is 5.48. The maximum Gasteiger partial charge on any atom is 0.191 e. The summed E-state index contributed by atoms with van der Waals surface area (Å²) in [7, 11) is 0. The van der Waals surface area contributed by atoms with Crippen molar-refractivity contribution in [2.24, 2.45) is 4.99 Å². The fourth-order valence-electron chi connectivity index (χ4n) is 3.65. The van der Waals surface area contributed by atoms with Gasteiger partial charge in [0.2, 0.25) is 0 Å². The number of hydrogen-bond donors (Lipinski definition) is 2. The number of aliphatic imine (C=N–C) groups is 1. The van der Waals surface area contributed by atoms with Gasteiger partial charge in [-0.2, -0.15) is 0 Å². The van der Waals surface area contributed by atoms with Crippen molar-refractivity contribution < 1.29 is 4.74 Å². The Labute approximate surface area is 194 Å². The predicted molar refractivity (Wildman–Crippen MR) is 132 cm³/mol. The van der Waals surface area contributed by atoms with E-state index >= 15 is 0 Å². The summed E-state index contributed by atoms with van der Waals surface area (Å²) in [6.45, 7) is 8.73. The van der Waals surface area contributed by atoms with Gasteiger partial charge in [0, 0.05) is 37.1 Å². The van der Waals surface area contributed by atoms with E-state index in [1.165, 1.54) is 11.1 Å². The molecule has 1 fully saturated rings. The highest BCUT2D eigenvalue weighted by atomic mass is 32.1. The lowest BCUT2D eigenvalue weighted by Gasteiger charge is -2.27. The molecule has 7 heteroatoms. The molecule has 6 nitrogen and oxygen atoms in total. The minimum absolute atomic E-state index is 0.641. The molecule has 2 N–H and O–H groups in total. The molecule has 1 saturated heterocycles. The van der Waals surface area contributed by atoms with E-state index in [-0.39, 0.29) is 0 Å². The first kappa shape index (κ1) is 22.5. The predicted octanol–water partition coefficient (Wildman–Crippen LogP) is 3.90. The first-order valence-electron chi connectivity index (χ1n) is 11.2. The number of guanidine groups is 1. The van der Waals surface area contributed by atoms with E-state index in [1.54, 1.807) is 11.3 Å². The fraction of sp³-hybridized carbons (Fsp3) is 0.360. The Morgan fingerprint density at radius 1 is 1.03 bits per heavy atom. The van der Waals surface area contributed by atoms with E-state index in [4.69, 9.17) is 14.7 Å². The Hall–Kier alpha value is -2.74. The van der Waals surface area contributed by atoms with E-state index < -0.39 is 0 Å². The molecule has 2 aromatic carbocycles. The number of nitrogens with zero attached hydrogens (tertiary/aromatic N) is 3. The van der Waals surface area contributed by atoms with Gasteiger partial charge in [0.1, 0.15) is 5.01 Å². The van der Waals surface area contributed by atoms with Crippen LogP contribution in [-0.4, -0.2) is 48.7 Å². The minimum atomic E-state index is 0.641. The number of hydrogen-bond acceptors (Lipinski definition) is 5. The van der Waals surface area contributed by atoms with Crippen molar-refractivity contribution in [3.05, 3.63) is 76.8 Å². The second kappa shape index (κ2) is 11.8. The van der Waals surface area contributed by atoms with Gasteiger partial charge in [-0.1, -0.05) is 54.6 Å². The molecule has 0 unspecified atom stereocenters. The van der Waals surface area contributed by atoms with Crippen molar-refractivity contribution in [2.45, 2.75) is 26.6 Å². The second-order valence-corrected chi connectivity index (χ2v) is 8.57. The largest absolute Gasteiger partial charge is 0.379 e. The summed E-state index contributed by atoms with van der Waals surface area (Å²) in [5, 5.41) is 9.93. The number of rotatable bonds is 8. The second-order valence-electron chi connectivity index (χ2n) is 7.72. The third kappa shape index (κ3) is 6.38. The highest BCUT2D eigenvalue weighted by Crippen LogP contribution is 2.23. The molecule has 0 atom stereocenters. The van der Waals surface area contributed by atoms with Crippen LogP contribution in [0.15, 0.2) is 65.0 Å². The van der Waals surface area contributed by atoms with E-state index in [0.29, 0.717) is 13.1 Å². The Morgan fingerprint density at radius 3 is 2.56 bits per heavy atom. The van der Waals surface area contributed by atoms with Gasteiger partial charge in [-0.25, -0.2) is 9.98 Å². The van der Waals surface area contributed by atoms with Gasteiger partial charge in [-0.05, 0) is 18.1 Å². The molecule has 4 rings (SSSR count). The van der Waals surface area contributed by atoms with Crippen LogP contribution in [0.25, 0.3) is 10.6 Å². The van der Waals surface area contributed by atoms with Gasteiger partial charge in [0.25, 0.3) is 0 Å². The molecule has 32 heavy (non-hydrogen) atoms. The number of aromatic nitrogens is 1. The van der Waals surface area contributed by atoms with Gasteiger partial charge >= 0.3 is 0 Å². The van der Waals surface area contributed by atoms with Crippen LogP contribution in [0.1, 0.15) is 23.7 Å². The van der Waals surface area contributed by atoms with E-state index in [1.807, 2.05) is 18.2 Å². The minimum Gasteiger partial charge on any atom is -0.379 e. The molecule has 0 radical (unpaired) electrons. The zero-order chi connectivity index (χ0) is 22.0. The molecule has 0 amide bonds. The third-order valence-corrected chi connectivity index (χ3v) is 6.32. The van der Waals surface area contributed by atoms with Gasteiger partial charge < -0.3 is 15.4 Å². The highest BCUT2D eigenvalue weighted by molar-refractivity contribution is 7.13. The van der Waals surface area contributed by atoms with Crippen LogP contribution in [0.5, 0.6) is 0 Å². The molecule has 0 aliphatic carbocycles. The first-order chi connectivity index (χ1) is 15.8. The van der Waals surface area contributed by atoms with Crippen LogP contribution in [0.3, 0.4) is 0 Å². The lowest BCUT2D eigenvalue weighted by Crippen LogP contribution is -2.37. The Bertz CT molecular complexity index is 998. The van der Waals surface area contributed by atoms with Crippen molar-refractivity contribution in [3.63, 3.8) is 0 Å². The molecule has 1 aliphatic heterocycles. The first-order valence-corrected chi connectivity index (χ1v) is 12.1. The average molecular weight is 450 g/mol. The summed E-state index contributed by atoms with van der Waals surface area (Å²) in [6, 6.07) is 18.9. The third-order valence-electron chi connectivity index (χ3n) is 5.38. The van der Waals surface area contributed by atoms with Crippen LogP contribution in [0.4, 0.5) is 0 Å². The van der Waals surface area contributed by atoms with Crippen LogP contribution < -0.4 is 10.6 Å². The number of ether oxygens (including phenoxy) is 1. The Morgan fingerprint density at radius 2 is 1.78 bits per heavy atom. The van der Waals surface area contributed by atoms with Crippen LogP contribution in [0.2, 0.25) is 0 Å². The van der Waals surface area contributed by atoms with Crippen molar-refractivity contribution >= 4 is 17.3 Å². The smallest absolute Gasteiger partial charge is 0.191 e. The van der Waals surface area contributed by atoms with E-state index in [9.17, 15) is 0 Å². The van der Waals surface area contributed by atoms with Crippen molar-refractivity contribution in [2.75, 3.05) is 32.8 Å². The van der Waals surface area contributed by atoms with Gasteiger partial charge in [0.15, 0.2) is 5.96 Å². The monoisotopic (exact) mass is 449 g/mol. The molecule has 1 aromatic heterocycles. The lowest BCUT2D eigenvalue weighted by molar-refractivity contribution is 0.0341. The summed E-state index contributed by atoms with van der Waals surface area (Å²) >= 11 is 1.67. The zero-order valence-electron chi connectivity index (χ0n) is 18.6. The summed E-state index contributed by atoms with van der Waals surface area (Å²) in [5.74, 6) is 0.808. The topological polar surface area (TPSA) is 61.8 Å². The quantitative estimate of drug-likeness (QED) is 0.403. The average Bonchev–Trinajstić information content (AvgIpc) is 3.32. The van der Waals surface area contributed by atoms with Crippen molar-refractivity contribution in [1.29, 1.82) is 0 Å². The maximum absolute atomic E-state index is 5.48. The normalized spacial score (nSPS) is 15.0. The molecule has 168 valence electrons. The van der Waals surface area contributed by atoms with Crippen molar-refractivity contribution in [3.8, 4) is 10.6 Å². The number of nitrogens with one attached hydrogen (secondary N) is 2. The molecule has 3 aromatic rings. The van der Waals surface area contributed by atoms with Gasteiger partial charge in [-0.3, -0.25) is 4.90 Å². The van der Waals surface area contributed by atoms with Crippen LogP contribution in [0, 0.1) is 0 Å². The van der Waals surface area contributed by atoms with Crippen molar-refractivity contribution in [1.82, 2.24) is 20.5 Å². The fourth-order valence-corrected chi connectivity index (χ4v) is 4.47. The molecule has 1 aliphatic rings. The highest BCUT2D eigenvalue weighted by Gasteiger charge is 2.12. The number of benzene rings is 2.